The third-order valence-electron chi connectivity index (χ3n) is 3.99. The summed E-state index contributed by atoms with van der Waals surface area (Å²) in [6.45, 7) is 5.75. The van der Waals surface area contributed by atoms with Crippen molar-refractivity contribution in [3.8, 4) is 5.75 Å². The first-order valence-corrected chi connectivity index (χ1v) is 8.73. The molecule has 0 atom stereocenters. The van der Waals surface area contributed by atoms with Crippen LogP contribution in [0.4, 0.5) is 0 Å². The first-order valence-electron chi connectivity index (χ1n) is 7.29. The Labute approximate surface area is 138 Å². The SMILES string of the molecule is COc1cc(C)c(S(=O)(=O)N(C)Cc2cccnc2)c(C)c1C. The highest BCUT2D eigenvalue weighted by molar-refractivity contribution is 7.89. The summed E-state index contributed by atoms with van der Waals surface area (Å²) in [6, 6.07) is 5.43. The molecule has 5 nitrogen and oxygen atoms in total. The van der Waals surface area contributed by atoms with Gasteiger partial charge in [0.15, 0.2) is 0 Å². The van der Waals surface area contributed by atoms with Crippen LogP contribution in [-0.2, 0) is 16.6 Å². The maximum absolute atomic E-state index is 13.0. The van der Waals surface area contributed by atoms with E-state index in [2.05, 4.69) is 4.98 Å². The topological polar surface area (TPSA) is 59.5 Å². The number of aromatic nitrogens is 1. The maximum Gasteiger partial charge on any atom is 0.243 e. The van der Waals surface area contributed by atoms with Crippen molar-refractivity contribution in [1.82, 2.24) is 9.29 Å². The summed E-state index contributed by atoms with van der Waals surface area (Å²) in [5, 5.41) is 0. The van der Waals surface area contributed by atoms with Crippen LogP contribution in [0.1, 0.15) is 22.3 Å². The van der Waals surface area contributed by atoms with E-state index in [1.807, 2.05) is 19.9 Å². The van der Waals surface area contributed by atoms with Gasteiger partial charge >= 0.3 is 0 Å². The Hall–Kier alpha value is -1.92. The summed E-state index contributed by atoms with van der Waals surface area (Å²) in [6.07, 6.45) is 3.34. The third-order valence-corrected chi connectivity index (χ3v) is 6.09. The Morgan fingerprint density at radius 3 is 2.48 bits per heavy atom. The average molecular weight is 334 g/mol. The lowest BCUT2D eigenvalue weighted by Crippen LogP contribution is -2.28. The fourth-order valence-electron chi connectivity index (χ4n) is 2.62. The molecule has 0 aliphatic carbocycles. The molecule has 0 saturated carbocycles. The summed E-state index contributed by atoms with van der Waals surface area (Å²) < 4.78 is 32.7. The molecule has 6 heteroatoms. The molecule has 0 aliphatic heterocycles. The second kappa shape index (κ2) is 6.68. The maximum atomic E-state index is 13.0. The number of aryl methyl sites for hydroxylation is 1. The molecule has 0 amide bonds. The molecule has 0 radical (unpaired) electrons. The molecule has 0 fully saturated rings. The molecule has 124 valence electrons. The van der Waals surface area contributed by atoms with Gasteiger partial charge in [-0.25, -0.2) is 8.42 Å². The van der Waals surface area contributed by atoms with Crippen molar-refractivity contribution in [1.29, 1.82) is 0 Å². The van der Waals surface area contributed by atoms with Crippen molar-refractivity contribution in [2.45, 2.75) is 32.2 Å². The first-order chi connectivity index (χ1) is 10.8. The number of nitrogens with zero attached hydrogens (tertiary/aromatic N) is 2. The van der Waals surface area contributed by atoms with Gasteiger partial charge < -0.3 is 4.74 Å². The van der Waals surface area contributed by atoms with E-state index in [4.69, 9.17) is 4.74 Å². The Morgan fingerprint density at radius 1 is 1.22 bits per heavy atom. The van der Waals surface area contributed by atoms with Gasteiger partial charge in [-0.2, -0.15) is 4.31 Å². The predicted molar refractivity (Wildman–Crippen MR) is 90.1 cm³/mol. The molecule has 23 heavy (non-hydrogen) atoms. The zero-order valence-electron chi connectivity index (χ0n) is 14.1. The molecule has 0 bridgehead atoms. The lowest BCUT2D eigenvalue weighted by Gasteiger charge is -2.22. The summed E-state index contributed by atoms with van der Waals surface area (Å²) in [5.74, 6) is 0.703. The van der Waals surface area contributed by atoms with Gasteiger partial charge in [0.1, 0.15) is 5.75 Å². The Morgan fingerprint density at radius 2 is 1.91 bits per heavy atom. The molecular weight excluding hydrogens is 312 g/mol. The van der Waals surface area contributed by atoms with Crippen LogP contribution in [-0.4, -0.2) is 31.9 Å². The summed E-state index contributed by atoms with van der Waals surface area (Å²) in [4.78, 5) is 4.38. The van der Waals surface area contributed by atoms with Gasteiger partial charge in [-0.1, -0.05) is 6.07 Å². The van der Waals surface area contributed by atoms with Gasteiger partial charge in [0.2, 0.25) is 10.0 Å². The standard InChI is InChI=1S/C17H22N2O3S/c1-12-9-16(22-5)13(2)14(3)17(12)23(20,21)19(4)11-15-7-6-8-18-10-15/h6-10H,11H2,1-5H3. The van der Waals surface area contributed by atoms with E-state index in [-0.39, 0.29) is 6.54 Å². The lowest BCUT2D eigenvalue weighted by molar-refractivity contribution is 0.410. The second-order valence-electron chi connectivity index (χ2n) is 5.60. The second-order valence-corrected chi connectivity index (χ2v) is 7.58. The largest absolute Gasteiger partial charge is 0.496 e. The van der Waals surface area contributed by atoms with Crippen molar-refractivity contribution in [2.24, 2.45) is 0 Å². The molecule has 2 aromatic rings. The quantitative estimate of drug-likeness (QED) is 0.843. The number of benzene rings is 1. The normalized spacial score (nSPS) is 11.7. The number of hydrogen-bond acceptors (Lipinski definition) is 4. The Balaban J connectivity index is 2.46. The van der Waals surface area contributed by atoms with Gasteiger partial charge in [-0.05, 0) is 55.2 Å². The number of rotatable bonds is 5. The number of ether oxygens (including phenoxy) is 1. The molecule has 1 aromatic heterocycles. The fourth-order valence-corrected chi connectivity index (χ4v) is 4.26. The third kappa shape index (κ3) is 3.38. The molecule has 1 heterocycles. The number of hydrogen-bond donors (Lipinski definition) is 0. The molecule has 0 saturated heterocycles. The molecule has 2 rings (SSSR count). The van der Waals surface area contributed by atoms with Crippen LogP contribution >= 0.6 is 0 Å². The smallest absolute Gasteiger partial charge is 0.243 e. The van der Waals surface area contributed by atoms with Crippen molar-refractivity contribution >= 4 is 10.0 Å². The van der Waals surface area contributed by atoms with Crippen molar-refractivity contribution in [2.75, 3.05) is 14.2 Å². The van der Waals surface area contributed by atoms with E-state index in [0.717, 1.165) is 16.7 Å². The molecule has 0 N–H and O–H groups in total. The van der Waals surface area contributed by atoms with E-state index in [1.54, 1.807) is 45.6 Å². The van der Waals surface area contributed by atoms with Crippen molar-refractivity contribution < 1.29 is 13.2 Å². The fraction of sp³-hybridized carbons (Fsp3) is 0.353. The number of sulfonamides is 1. The monoisotopic (exact) mass is 334 g/mol. The highest BCUT2D eigenvalue weighted by Gasteiger charge is 2.27. The van der Waals surface area contributed by atoms with Crippen molar-refractivity contribution in [3.05, 3.63) is 52.8 Å². The number of methoxy groups -OCH3 is 1. The predicted octanol–water partition coefficient (Wildman–Crippen LogP) is 2.84. The lowest BCUT2D eigenvalue weighted by atomic mass is 10.1. The van der Waals surface area contributed by atoms with E-state index in [9.17, 15) is 8.42 Å². The summed E-state index contributed by atoms with van der Waals surface area (Å²) in [7, 11) is -0.425. The molecule has 0 spiro atoms. The van der Waals surface area contributed by atoms with Crippen LogP contribution in [0.15, 0.2) is 35.5 Å². The number of pyridine rings is 1. The van der Waals surface area contributed by atoms with Crippen LogP contribution < -0.4 is 4.74 Å². The van der Waals surface area contributed by atoms with E-state index in [1.165, 1.54) is 4.31 Å². The minimum absolute atomic E-state index is 0.278. The van der Waals surface area contributed by atoms with Crippen LogP contribution in [0.25, 0.3) is 0 Å². The van der Waals surface area contributed by atoms with Gasteiger partial charge in [-0.3, -0.25) is 4.98 Å². The van der Waals surface area contributed by atoms with Crippen molar-refractivity contribution in [3.63, 3.8) is 0 Å². The molecule has 0 aliphatic rings. The average Bonchev–Trinajstić information content (AvgIpc) is 2.51. The first kappa shape index (κ1) is 17.4. The molecule has 0 unspecified atom stereocenters. The Bertz CT molecular complexity index is 802. The highest BCUT2D eigenvalue weighted by atomic mass is 32.2. The summed E-state index contributed by atoms with van der Waals surface area (Å²) in [5.41, 5.74) is 3.09. The molecule has 1 aromatic carbocycles. The zero-order valence-corrected chi connectivity index (χ0v) is 14.9. The van der Waals surface area contributed by atoms with Crippen LogP contribution in [0.5, 0.6) is 5.75 Å². The van der Waals surface area contributed by atoms with Gasteiger partial charge in [-0.15, -0.1) is 0 Å². The summed E-state index contributed by atoms with van der Waals surface area (Å²) >= 11 is 0. The Kier molecular flexibility index (Phi) is 5.06. The van der Waals surface area contributed by atoms with Gasteiger partial charge in [0.05, 0.1) is 12.0 Å². The van der Waals surface area contributed by atoms with Gasteiger partial charge in [0.25, 0.3) is 0 Å². The van der Waals surface area contributed by atoms with E-state index < -0.39 is 10.0 Å². The van der Waals surface area contributed by atoms with E-state index >= 15 is 0 Å². The van der Waals surface area contributed by atoms with Gasteiger partial charge in [0, 0.05) is 26.0 Å². The highest BCUT2D eigenvalue weighted by Crippen LogP contribution is 2.32. The van der Waals surface area contributed by atoms with Crippen LogP contribution in [0.3, 0.4) is 0 Å². The van der Waals surface area contributed by atoms with Crippen LogP contribution in [0, 0.1) is 20.8 Å². The van der Waals surface area contributed by atoms with Crippen LogP contribution in [0.2, 0.25) is 0 Å². The van der Waals surface area contributed by atoms with E-state index in [0.29, 0.717) is 16.2 Å². The molecular formula is C17H22N2O3S. The zero-order chi connectivity index (χ0) is 17.2. The minimum Gasteiger partial charge on any atom is -0.496 e. The minimum atomic E-state index is -3.60.